The smallest absolute Gasteiger partial charge is 0.328 e. The lowest BCUT2D eigenvalue weighted by atomic mass is 10.0. The van der Waals surface area contributed by atoms with E-state index in [0.717, 1.165) is 12.0 Å². The molecule has 0 saturated carbocycles. The van der Waals surface area contributed by atoms with Crippen molar-refractivity contribution < 1.29 is 14.7 Å². The molecule has 1 unspecified atom stereocenters. The second-order valence-corrected chi connectivity index (χ2v) is 3.62. The van der Waals surface area contributed by atoms with Crippen LogP contribution in [0.5, 0.6) is 0 Å². The fraction of sp³-hybridized carbons (Fsp3) is 0.333. The highest BCUT2D eigenvalue weighted by molar-refractivity contribution is 6.01. The third-order valence-electron chi connectivity index (χ3n) is 2.34. The summed E-state index contributed by atoms with van der Waals surface area (Å²) >= 11 is 0. The van der Waals surface area contributed by atoms with Crippen LogP contribution in [0.4, 0.5) is 0 Å². The first kappa shape index (κ1) is 12.4. The lowest BCUT2D eigenvalue weighted by Gasteiger charge is -2.05. The number of carbonyl (C=O) groups excluding carboxylic acids is 1. The van der Waals surface area contributed by atoms with Crippen LogP contribution < -0.4 is 5.73 Å². The third kappa shape index (κ3) is 3.82. The van der Waals surface area contributed by atoms with Crippen LogP contribution in [0, 0.1) is 0 Å². The molecule has 1 aromatic carbocycles. The van der Waals surface area contributed by atoms with Gasteiger partial charge >= 0.3 is 5.97 Å². The number of carboxylic acid groups (broad SMARTS) is 1. The van der Waals surface area contributed by atoms with E-state index in [1.165, 1.54) is 0 Å². The van der Waals surface area contributed by atoms with Crippen LogP contribution in [0.15, 0.2) is 30.3 Å². The molecular weight excluding hydrogens is 206 g/mol. The summed E-state index contributed by atoms with van der Waals surface area (Å²) in [5, 5.41) is 8.52. The Morgan fingerprint density at radius 2 is 1.88 bits per heavy atom. The summed E-state index contributed by atoms with van der Waals surface area (Å²) in [4.78, 5) is 21.7. The van der Waals surface area contributed by atoms with Gasteiger partial charge in [0.2, 0.25) is 0 Å². The van der Waals surface area contributed by atoms with Crippen molar-refractivity contribution in [3.05, 3.63) is 35.9 Å². The molecule has 1 rings (SSSR count). The van der Waals surface area contributed by atoms with Gasteiger partial charge in [0, 0.05) is 6.42 Å². The van der Waals surface area contributed by atoms with Gasteiger partial charge in [0.05, 0.1) is 0 Å². The van der Waals surface area contributed by atoms with Crippen LogP contribution in [0.1, 0.15) is 18.4 Å². The van der Waals surface area contributed by atoms with E-state index in [4.69, 9.17) is 10.8 Å². The number of Topliss-reactive ketones (excluding diaryl/α,β-unsaturated/α-hetero) is 1. The molecule has 16 heavy (non-hydrogen) atoms. The van der Waals surface area contributed by atoms with Gasteiger partial charge in [-0.3, -0.25) is 9.59 Å². The van der Waals surface area contributed by atoms with Crippen LogP contribution >= 0.6 is 0 Å². The zero-order chi connectivity index (χ0) is 12.0. The number of rotatable bonds is 6. The minimum atomic E-state index is -1.38. The second kappa shape index (κ2) is 6.02. The van der Waals surface area contributed by atoms with Crippen LogP contribution in [-0.4, -0.2) is 22.9 Å². The van der Waals surface area contributed by atoms with Crippen LogP contribution in [0.2, 0.25) is 0 Å². The van der Waals surface area contributed by atoms with Crippen LogP contribution in [-0.2, 0) is 16.0 Å². The predicted molar refractivity (Wildman–Crippen MR) is 60.0 cm³/mol. The van der Waals surface area contributed by atoms with Gasteiger partial charge in [0.1, 0.15) is 0 Å². The number of carboxylic acids is 1. The molecule has 0 aliphatic heterocycles. The van der Waals surface area contributed by atoms with Gasteiger partial charge < -0.3 is 10.8 Å². The Morgan fingerprint density at radius 3 is 2.44 bits per heavy atom. The van der Waals surface area contributed by atoms with Crippen molar-refractivity contribution in [1.82, 2.24) is 0 Å². The zero-order valence-corrected chi connectivity index (χ0v) is 8.93. The fourth-order valence-electron chi connectivity index (χ4n) is 1.40. The van der Waals surface area contributed by atoms with Gasteiger partial charge in [-0.15, -0.1) is 0 Å². The Labute approximate surface area is 94.1 Å². The molecule has 4 heteroatoms. The quantitative estimate of drug-likeness (QED) is 0.702. The Morgan fingerprint density at radius 1 is 1.25 bits per heavy atom. The summed E-state index contributed by atoms with van der Waals surface area (Å²) in [6.45, 7) is 0. The zero-order valence-electron chi connectivity index (χ0n) is 8.93. The molecule has 0 aliphatic carbocycles. The average Bonchev–Trinajstić information content (AvgIpc) is 2.29. The highest BCUT2D eigenvalue weighted by atomic mass is 16.4. The van der Waals surface area contributed by atoms with Gasteiger partial charge in [-0.05, 0) is 18.4 Å². The maximum absolute atomic E-state index is 11.3. The first-order chi connectivity index (χ1) is 7.61. The molecule has 0 heterocycles. The topological polar surface area (TPSA) is 80.4 Å². The maximum Gasteiger partial charge on any atom is 0.328 e. The molecule has 86 valence electrons. The van der Waals surface area contributed by atoms with E-state index in [1.807, 2.05) is 30.3 Å². The van der Waals surface area contributed by atoms with Gasteiger partial charge in [-0.1, -0.05) is 30.3 Å². The van der Waals surface area contributed by atoms with E-state index in [0.29, 0.717) is 6.42 Å². The number of carbonyl (C=O) groups is 2. The Bertz CT molecular complexity index is 362. The van der Waals surface area contributed by atoms with E-state index in [2.05, 4.69) is 0 Å². The number of benzene rings is 1. The SMILES string of the molecule is NC(C(=O)O)C(=O)CCCc1ccccc1. The predicted octanol–water partition coefficient (Wildman–Crippen LogP) is 0.990. The molecule has 1 atom stereocenters. The van der Waals surface area contributed by atoms with Crippen molar-refractivity contribution in [3.8, 4) is 0 Å². The Balaban J connectivity index is 2.31. The highest BCUT2D eigenvalue weighted by Crippen LogP contribution is 2.05. The monoisotopic (exact) mass is 221 g/mol. The minimum absolute atomic E-state index is 0.211. The molecule has 0 fully saturated rings. The maximum atomic E-state index is 11.3. The summed E-state index contributed by atoms with van der Waals surface area (Å²) in [5.74, 6) is -1.67. The van der Waals surface area contributed by atoms with Crippen molar-refractivity contribution in [2.24, 2.45) is 5.73 Å². The van der Waals surface area contributed by atoms with Crippen molar-refractivity contribution >= 4 is 11.8 Å². The average molecular weight is 221 g/mol. The first-order valence-electron chi connectivity index (χ1n) is 5.16. The molecule has 0 saturated heterocycles. The Kier molecular flexibility index (Phi) is 4.66. The van der Waals surface area contributed by atoms with Crippen LogP contribution in [0.25, 0.3) is 0 Å². The lowest BCUT2D eigenvalue weighted by Crippen LogP contribution is -2.38. The van der Waals surface area contributed by atoms with Gasteiger partial charge in [0.25, 0.3) is 0 Å². The number of hydrogen-bond acceptors (Lipinski definition) is 3. The molecule has 3 N–H and O–H groups in total. The van der Waals surface area contributed by atoms with Crippen molar-refractivity contribution in [2.45, 2.75) is 25.3 Å². The number of aliphatic carboxylic acids is 1. The number of nitrogens with two attached hydrogens (primary N) is 1. The van der Waals surface area contributed by atoms with Gasteiger partial charge in [0.15, 0.2) is 11.8 Å². The number of hydrogen-bond donors (Lipinski definition) is 2. The molecule has 0 aromatic heterocycles. The first-order valence-corrected chi connectivity index (χ1v) is 5.16. The van der Waals surface area contributed by atoms with Crippen molar-refractivity contribution in [1.29, 1.82) is 0 Å². The van der Waals surface area contributed by atoms with Gasteiger partial charge in [-0.25, -0.2) is 0 Å². The highest BCUT2D eigenvalue weighted by Gasteiger charge is 2.19. The van der Waals surface area contributed by atoms with E-state index in [9.17, 15) is 9.59 Å². The summed E-state index contributed by atoms with van der Waals surface area (Å²) in [5.41, 5.74) is 6.33. The van der Waals surface area contributed by atoms with Gasteiger partial charge in [-0.2, -0.15) is 0 Å². The number of ketones is 1. The summed E-state index contributed by atoms with van der Waals surface area (Å²) in [6.07, 6.45) is 1.60. The number of aryl methyl sites for hydroxylation is 1. The van der Waals surface area contributed by atoms with E-state index >= 15 is 0 Å². The van der Waals surface area contributed by atoms with E-state index in [1.54, 1.807) is 0 Å². The summed E-state index contributed by atoms with van der Waals surface area (Å²) < 4.78 is 0. The molecule has 0 bridgehead atoms. The van der Waals surface area contributed by atoms with Crippen LogP contribution in [0.3, 0.4) is 0 Å². The van der Waals surface area contributed by atoms with Crippen molar-refractivity contribution in [2.75, 3.05) is 0 Å². The standard InChI is InChI=1S/C12H15NO3/c13-11(12(15)16)10(14)8-4-7-9-5-2-1-3-6-9/h1-3,5-6,11H,4,7-8,13H2,(H,15,16). The molecule has 4 nitrogen and oxygen atoms in total. The minimum Gasteiger partial charge on any atom is -0.480 e. The van der Waals surface area contributed by atoms with Crippen molar-refractivity contribution in [3.63, 3.8) is 0 Å². The van der Waals surface area contributed by atoms with E-state index in [-0.39, 0.29) is 6.42 Å². The molecule has 0 spiro atoms. The normalized spacial score (nSPS) is 12.1. The lowest BCUT2D eigenvalue weighted by molar-refractivity contribution is -0.142. The second-order valence-electron chi connectivity index (χ2n) is 3.62. The molecular formula is C12H15NO3. The fourth-order valence-corrected chi connectivity index (χ4v) is 1.40. The third-order valence-corrected chi connectivity index (χ3v) is 2.34. The summed E-state index contributed by atoms with van der Waals surface area (Å²) in [6, 6.07) is 8.36. The molecule has 1 aromatic rings. The molecule has 0 aliphatic rings. The Hall–Kier alpha value is -1.68. The summed E-state index contributed by atoms with van der Waals surface area (Å²) in [7, 11) is 0. The van der Waals surface area contributed by atoms with E-state index < -0.39 is 17.8 Å². The molecule has 0 radical (unpaired) electrons. The molecule has 0 amide bonds. The largest absolute Gasteiger partial charge is 0.480 e.